The van der Waals surface area contributed by atoms with Crippen molar-refractivity contribution in [3.05, 3.63) is 58.3 Å². The fourth-order valence-corrected chi connectivity index (χ4v) is 3.07. The van der Waals surface area contributed by atoms with Gasteiger partial charge in [-0.3, -0.25) is 4.79 Å². The van der Waals surface area contributed by atoms with Crippen molar-refractivity contribution in [1.29, 1.82) is 0 Å². The van der Waals surface area contributed by atoms with Gasteiger partial charge in [-0.25, -0.2) is 0 Å². The Balaban J connectivity index is 1.85. The normalized spacial score (nSPS) is 10.8. The zero-order valence-corrected chi connectivity index (χ0v) is 14.5. The number of amides is 1. The summed E-state index contributed by atoms with van der Waals surface area (Å²) in [7, 11) is 1.55. The van der Waals surface area contributed by atoms with Crippen LogP contribution in [0.25, 0.3) is 11.0 Å². The van der Waals surface area contributed by atoms with Gasteiger partial charge in [0.15, 0.2) is 0 Å². The van der Waals surface area contributed by atoms with Crippen LogP contribution < -0.4 is 10.1 Å². The van der Waals surface area contributed by atoms with E-state index >= 15 is 0 Å². The van der Waals surface area contributed by atoms with Crippen LogP contribution in [0.1, 0.15) is 16.7 Å². The summed E-state index contributed by atoms with van der Waals surface area (Å²) in [6, 6.07) is 9.16. The number of carbonyl (C=O) groups is 1. The molecular weight excluding hydrogens is 326 g/mol. The molecule has 1 amide bonds. The highest BCUT2D eigenvalue weighted by atomic mass is 35.5. The third-order valence-electron chi connectivity index (χ3n) is 3.88. The molecule has 1 aromatic heterocycles. The van der Waals surface area contributed by atoms with E-state index in [0.29, 0.717) is 16.5 Å². The Kier molecular flexibility index (Phi) is 4.49. The number of fused-ring (bicyclic) bond motifs is 1. The van der Waals surface area contributed by atoms with Crippen LogP contribution in [0.3, 0.4) is 0 Å². The van der Waals surface area contributed by atoms with Gasteiger partial charge in [-0.1, -0.05) is 17.7 Å². The maximum absolute atomic E-state index is 12.4. The highest BCUT2D eigenvalue weighted by molar-refractivity contribution is 6.31. The summed E-state index contributed by atoms with van der Waals surface area (Å²) in [5.41, 5.74) is 4.45. The number of aryl methyl sites for hydroxylation is 2. The van der Waals surface area contributed by atoms with Gasteiger partial charge in [0.2, 0.25) is 5.91 Å². The molecule has 0 atom stereocenters. The van der Waals surface area contributed by atoms with E-state index in [1.165, 1.54) is 0 Å². The van der Waals surface area contributed by atoms with Crippen molar-refractivity contribution in [2.75, 3.05) is 12.4 Å². The summed E-state index contributed by atoms with van der Waals surface area (Å²) in [6.07, 6.45) is 1.86. The Morgan fingerprint density at radius 1 is 1.25 bits per heavy atom. The summed E-state index contributed by atoms with van der Waals surface area (Å²) >= 11 is 5.99. The van der Waals surface area contributed by atoms with Crippen LogP contribution in [0.2, 0.25) is 5.02 Å². The Bertz CT molecular complexity index is 914. The van der Waals surface area contributed by atoms with Crippen LogP contribution in [0.4, 0.5) is 5.69 Å². The zero-order valence-electron chi connectivity index (χ0n) is 13.8. The molecule has 0 fully saturated rings. The Morgan fingerprint density at radius 2 is 2.04 bits per heavy atom. The first-order valence-corrected chi connectivity index (χ1v) is 7.96. The number of anilines is 1. The van der Waals surface area contributed by atoms with E-state index in [2.05, 4.69) is 11.4 Å². The van der Waals surface area contributed by atoms with Gasteiger partial charge in [0.25, 0.3) is 0 Å². The van der Waals surface area contributed by atoms with Crippen LogP contribution >= 0.6 is 11.6 Å². The third kappa shape index (κ3) is 3.24. The van der Waals surface area contributed by atoms with Crippen molar-refractivity contribution in [2.24, 2.45) is 0 Å². The highest BCUT2D eigenvalue weighted by Crippen LogP contribution is 2.29. The number of furan rings is 1. The molecule has 0 aliphatic rings. The van der Waals surface area contributed by atoms with Crippen LogP contribution in [0.15, 0.2) is 41.0 Å². The molecule has 124 valence electrons. The minimum atomic E-state index is -0.154. The molecular formula is C19H18ClNO3. The molecule has 2 aromatic carbocycles. The summed E-state index contributed by atoms with van der Waals surface area (Å²) in [5.74, 6) is 0.412. The minimum Gasteiger partial charge on any atom is -0.495 e. The second kappa shape index (κ2) is 6.57. The number of ether oxygens (including phenoxy) is 1. The van der Waals surface area contributed by atoms with Crippen molar-refractivity contribution in [3.63, 3.8) is 0 Å². The molecule has 0 radical (unpaired) electrons. The molecule has 3 aromatic rings. The van der Waals surface area contributed by atoms with Gasteiger partial charge in [-0.15, -0.1) is 0 Å². The number of carbonyl (C=O) groups excluding carboxylic acids is 1. The quantitative estimate of drug-likeness (QED) is 0.733. The molecule has 1 N–H and O–H groups in total. The molecule has 0 saturated carbocycles. The van der Waals surface area contributed by atoms with Gasteiger partial charge in [0.05, 0.1) is 25.5 Å². The zero-order chi connectivity index (χ0) is 17.3. The predicted molar refractivity (Wildman–Crippen MR) is 96.0 cm³/mol. The van der Waals surface area contributed by atoms with Crippen molar-refractivity contribution in [1.82, 2.24) is 0 Å². The fourth-order valence-electron chi connectivity index (χ4n) is 2.90. The average Bonchev–Trinajstić information content (AvgIpc) is 2.90. The maximum atomic E-state index is 12.4. The lowest BCUT2D eigenvalue weighted by molar-refractivity contribution is -0.115. The van der Waals surface area contributed by atoms with Gasteiger partial charge in [-0.05, 0) is 49.2 Å². The van der Waals surface area contributed by atoms with Gasteiger partial charge in [0, 0.05) is 16.0 Å². The number of nitrogens with one attached hydrogen (secondary N) is 1. The summed E-state index contributed by atoms with van der Waals surface area (Å²) < 4.78 is 10.8. The van der Waals surface area contributed by atoms with Crippen molar-refractivity contribution < 1.29 is 13.9 Å². The monoisotopic (exact) mass is 343 g/mol. The summed E-state index contributed by atoms with van der Waals surface area (Å²) in [4.78, 5) is 12.4. The van der Waals surface area contributed by atoms with Crippen molar-refractivity contribution in [3.8, 4) is 5.75 Å². The Morgan fingerprint density at radius 3 is 2.79 bits per heavy atom. The Labute approximate surface area is 145 Å². The summed E-state index contributed by atoms with van der Waals surface area (Å²) in [5, 5.41) is 4.37. The smallest absolute Gasteiger partial charge is 0.229 e. The molecule has 0 aliphatic heterocycles. The van der Waals surface area contributed by atoms with Crippen LogP contribution in [0, 0.1) is 13.8 Å². The highest BCUT2D eigenvalue weighted by Gasteiger charge is 2.14. The SMILES string of the molecule is COc1ccc(Cl)cc1NC(=O)Cc1coc2cc(C)cc(C)c12. The van der Waals surface area contributed by atoms with Crippen molar-refractivity contribution >= 4 is 34.2 Å². The number of hydrogen-bond acceptors (Lipinski definition) is 3. The van der Waals surface area contributed by atoms with E-state index in [9.17, 15) is 4.79 Å². The maximum Gasteiger partial charge on any atom is 0.229 e. The van der Waals surface area contributed by atoms with E-state index in [1.54, 1.807) is 31.6 Å². The largest absolute Gasteiger partial charge is 0.495 e. The number of methoxy groups -OCH3 is 1. The van der Waals surface area contributed by atoms with Crippen LogP contribution in [0.5, 0.6) is 5.75 Å². The van der Waals surface area contributed by atoms with E-state index in [4.69, 9.17) is 20.8 Å². The van der Waals surface area contributed by atoms with Gasteiger partial charge < -0.3 is 14.5 Å². The van der Waals surface area contributed by atoms with E-state index in [0.717, 1.165) is 27.7 Å². The molecule has 0 aliphatic carbocycles. The molecule has 0 unspecified atom stereocenters. The van der Waals surface area contributed by atoms with Crippen LogP contribution in [-0.2, 0) is 11.2 Å². The number of hydrogen-bond donors (Lipinski definition) is 1. The topological polar surface area (TPSA) is 51.5 Å². The van der Waals surface area contributed by atoms with Gasteiger partial charge in [0.1, 0.15) is 11.3 Å². The van der Waals surface area contributed by atoms with Gasteiger partial charge >= 0.3 is 0 Å². The molecule has 5 heteroatoms. The summed E-state index contributed by atoms with van der Waals surface area (Å²) in [6.45, 7) is 4.04. The first-order chi connectivity index (χ1) is 11.5. The van der Waals surface area contributed by atoms with Crippen LogP contribution in [-0.4, -0.2) is 13.0 Å². The number of benzene rings is 2. The molecule has 0 bridgehead atoms. The molecule has 1 heterocycles. The predicted octanol–water partition coefficient (Wildman–Crippen LogP) is 4.89. The fraction of sp³-hybridized carbons (Fsp3) is 0.211. The van der Waals surface area contributed by atoms with E-state index in [1.807, 2.05) is 19.9 Å². The lowest BCUT2D eigenvalue weighted by atomic mass is 10.0. The van der Waals surface area contributed by atoms with Gasteiger partial charge in [-0.2, -0.15) is 0 Å². The minimum absolute atomic E-state index is 0.154. The molecule has 0 spiro atoms. The molecule has 3 rings (SSSR count). The lowest BCUT2D eigenvalue weighted by Gasteiger charge is -2.10. The molecule has 24 heavy (non-hydrogen) atoms. The van der Waals surface area contributed by atoms with E-state index in [-0.39, 0.29) is 12.3 Å². The standard InChI is InChI=1S/C19H18ClNO3/c1-11-6-12(2)19-13(10-24-17(19)7-11)8-18(22)21-15-9-14(20)4-5-16(15)23-3/h4-7,9-10H,8H2,1-3H3,(H,21,22). The first kappa shape index (κ1) is 16.4. The molecule has 4 nitrogen and oxygen atoms in total. The second-order valence-electron chi connectivity index (χ2n) is 5.79. The Hall–Kier alpha value is -2.46. The lowest BCUT2D eigenvalue weighted by Crippen LogP contribution is -2.15. The molecule has 0 saturated heterocycles. The average molecular weight is 344 g/mol. The first-order valence-electron chi connectivity index (χ1n) is 7.58. The number of halogens is 1. The number of rotatable bonds is 4. The van der Waals surface area contributed by atoms with Crippen molar-refractivity contribution in [2.45, 2.75) is 20.3 Å². The third-order valence-corrected chi connectivity index (χ3v) is 4.11. The second-order valence-corrected chi connectivity index (χ2v) is 6.22. The van der Waals surface area contributed by atoms with E-state index < -0.39 is 0 Å².